The Morgan fingerprint density at radius 2 is 2.10 bits per heavy atom. The van der Waals surface area contributed by atoms with E-state index in [1.165, 1.54) is 0 Å². The first kappa shape index (κ1) is 17.4. The molecule has 0 aliphatic heterocycles. The van der Waals surface area contributed by atoms with Crippen LogP contribution in [0.25, 0.3) is 0 Å². The molecule has 118 valence electrons. The van der Waals surface area contributed by atoms with Crippen LogP contribution in [0.5, 0.6) is 5.75 Å². The smallest absolute Gasteiger partial charge is 0.311 e. The summed E-state index contributed by atoms with van der Waals surface area (Å²) in [7, 11) is 0. The highest BCUT2D eigenvalue weighted by Crippen LogP contribution is 2.28. The van der Waals surface area contributed by atoms with Crippen LogP contribution in [-0.4, -0.2) is 18.1 Å². The second-order valence-electron chi connectivity index (χ2n) is 5.44. The fourth-order valence-corrected chi connectivity index (χ4v) is 2.16. The zero-order chi connectivity index (χ0) is 15.7. The lowest BCUT2D eigenvalue weighted by molar-refractivity contribution is -0.386. The van der Waals surface area contributed by atoms with Crippen LogP contribution in [0.15, 0.2) is 18.2 Å². The SMILES string of the molecule is CCCNCc1ccc(OCC(C)CCC)c([N+](=O)[O-])c1. The third-order valence-electron chi connectivity index (χ3n) is 3.28. The zero-order valence-corrected chi connectivity index (χ0v) is 13.2. The van der Waals surface area contributed by atoms with Gasteiger partial charge in [0.2, 0.25) is 0 Å². The molecule has 1 rings (SSSR count). The van der Waals surface area contributed by atoms with Crippen molar-refractivity contribution in [3.05, 3.63) is 33.9 Å². The molecule has 0 aromatic heterocycles. The van der Waals surface area contributed by atoms with E-state index >= 15 is 0 Å². The fourth-order valence-electron chi connectivity index (χ4n) is 2.16. The standard InChI is InChI=1S/C16H26N2O3/c1-4-6-13(3)12-21-16-8-7-14(11-17-9-5-2)10-15(16)18(19)20/h7-8,10,13,17H,4-6,9,11-12H2,1-3H3. The van der Waals surface area contributed by atoms with Crippen LogP contribution in [0.2, 0.25) is 0 Å². The second kappa shape index (κ2) is 9.34. The fraction of sp³-hybridized carbons (Fsp3) is 0.625. The largest absolute Gasteiger partial charge is 0.487 e. The molecule has 0 amide bonds. The maximum Gasteiger partial charge on any atom is 0.311 e. The summed E-state index contributed by atoms with van der Waals surface area (Å²) in [6.07, 6.45) is 3.19. The number of nitrogens with one attached hydrogen (secondary N) is 1. The molecule has 0 radical (unpaired) electrons. The Morgan fingerprint density at radius 3 is 2.71 bits per heavy atom. The summed E-state index contributed by atoms with van der Waals surface area (Å²) in [4.78, 5) is 10.8. The minimum atomic E-state index is -0.372. The molecular weight excluding hydrogens is 268 g/mol. The van der Waals surface area contributed by atoms with Crippen molar-refractivity contribution >= 4 is 5.69 Å². The molecule has 1 unspecified atom stereocenters. The number of rotatable bonds is 10. The molecule has 0 aliphatic carbocycles. The Kier molecular flexibility index (Phi) is 7.75. The third-order valence-corrected chi connectivity index (χ3v) is 3.28. The molecule has 0 bridgehead atoms. The monoisotopic (exact) mass is 294 g/mol. The molecule has 1 atom stereocenters. The highest BCUT2D eigenvalue weighted by molar-refractivity contribution is 5.48. The van der Waals surface area contributed by atoms with E-state index in [4.69, 9.17) is 4.74 Å². The highest BCUT2D eigenvalue weighted by Gasteiger charge is 2.16. The van der Waals surface area contributed by atoms with Gasteiger partial charge in [-0.05, 0) is 36.9 Å². The molecule has 0 aliphatic rings. The highest BCUT2D eigenvalue weighted by atomic mass is 16.6. The van der Waals surface area contributed by atoms with Crippen molar-refractivity contribution in [3.8, 4) is 5.75 Å². The van der Waals surface area contributed by atoms with E-state index in [1.54, 1.807) is 12.1 Å². The van der Waals surface area contributed by atoms with Crippen molar-refractivity contribution in [2.24, 2.45) is 5.92 Å². The number of ether oxygens (including phenoxy) is 1. The number of nitro groups is 1. The summed E-state index contributed by atoms with van der Waals surface area (Å²) in [5.41, 5.74) is 0.957. The van der Waals surface area contributed by atoms with Crippen molar-refractivity contribution in [3.63, 3.8) is 0 Å². The van der Waals surface area contributed by atoms with Crippen LogP contribution in [0.4, 0.5) is 5.69 Å². The van der Waals surface area contributed by atoms with Crippen LogP contribution >= 0.6 is 0 Å². The van der Waals surface area contributed by atoms with Crippen molar-refractivity contribution in [2.45, 2.75) is 46.6 Å². The van der Waals surface area contributed by atoms with Gasteiger partial charge in [0.25, 0.3) is 0 Å². The first-order valence-electron chi connectivity index (χ1n) is 7.69. The van der Waals surface area contributed by atoms with Gasteiger partial charge in [-0.2, -0.15) is 0 Å². The number of nitro benzene ring substituents is 1. The summed E-state index contributed by atoms with van der Waals surface area (Å²) in [5, 5.41) is 14.4. The summed E-state index contributed by atoms with van der Waals surface area (Å²) in [6.45, 7) is 8.36. The molecule has 5 heteroatoms. The molecule has 1 N–H and O–H groups in total. The van der Waals surface area contributed by atoms with Gasteiger partial charge in [0, 0.05) is 12.6 Å². The van der Waals surface area contributed by atoms with Crippen molar-refractivity contribution in [1.82, 2.24) is 5.32 Å². The van der Waals surface area contributed by atoms with E-state index in [0.29, 0.717) is 24.8 Å². The Morgan fingerprint density at radius 1 is 1.33 bits per heavy atom. The lowest BCUT2D eigenvalue weighted by Gasteiger charge is -2.13. The molecule has 0 spiro atoms. The summed E-state index contributed by atoms with van der Waals surface area (Å²) in [5.74, 6) is 0.766. The molecule has 0 saturated carbocycles. The van der Waals surface area contributed by atoms with E-state index in [2.05, 4.69) is 26.1 Å². The van der Waals surface area contributed by atoms with E-state index in [-0.39, 0.29) is 10.6 Å². The van der Waals surface area contributed by atoms with Crippen LogP contribution < -0.4 is 10.1 Å². The van der Waals surface area contributed by atoms with Gasteiger partial charge in [-0.25, -0.2) is 0 Å². The van der Waals surface area contributed by atoms with E-state index < -0.39 is 0 Å². The number of benzene rings is 1. The summed E-state index contributed by atoms with van der Waals surface area (Å²) in [6, 6.07) is 5.19. The molecule has 0 heterocycles. The average Bonchev–Trinajstić information content (AvgIpc) is 2.46. The predicted octanol–water partition coefficient (Wildman–Crippen LogP) is 3.91. The lowest BCUT2D eigenvalue weighted by atomic mass is 10.1. The molecule has 1 aromatic rings. The minimum Gasteiger partial charge on any atom is -0.487 e. The van der Waals surface area contributed by atoms with Crippen LogP contribution in [0.1, 0.15) is 45.6 Å². The normalized spacial score (nSPS) is 12.1. The number of hydrogen-bond acceptors (Lipinski definition) is 4. The molecular formula is C16H26N2O3. The van der Waals surface area contributed by atoms with E-state index in [9.17, 15) is 10.1 Å². The van der Waals surface area contributed by atoms with Gasteiger partial charge in [0.05, 0.1) is 11.5 Å². The van der Waals surface area contributed by atoms with Gasteiger partial charge in [0.1, 0.15) is 0 Å². The first-order chi connectivity index (χ1) is 10.1. The molecule has 21 heavy (non-hydrogen) atoms. The molecule has 5 nitrogen and oxygen atoms in total. The lowest BCUT2D eigenvalue weighted by Crippen LogP contribution is -2.14. The van der Waals surface area contributed by atoms with Crippen molar-refractivity contribution in [2.75, 3.05) is 13.2 Å². The maximum absolute atomic E-state index is 11.2. The molecule has 0 saturated heterocycles. The van der Waals surface area contributed by atoms with Gasteiger partial charge in [0.15, 0.2) is 5.75 Å². The van der Waals surface area contributed by atoms with Crippen molar-refractivity contribution in [1.29, 1.82) is 0 Å². The first-order valence-corrected chi connectivity index (χ1v) is 7.69. The Balaban J connectivity index is 2.72. The van der Waals surface area contributed by atoms with Crippen LogP contribution in [0, 0.1) is 16.0 Å². The average molecular weight is 294 g/mol. The van der Waals surface area contributed by atoms with E-state index in [0.717, 1.165) is 31.4 Å². The van der Waals surface area contributed by atoms with Gasteiger partial charge >= 0.3 is 5.69 Å². The van der Waals surface area contributed by atoms with Crippen LogP contribution in [0.3, 0.4) is 0 Å². The van der Waals surface area contributed by atoms with E-state index in [1.807, 2.05) is 6.07 Å². The van der Waals surface area contributed by atoms with Crippen LogP contribution in [-0.2, 0) is 6.54 Å². The number of nitrogens with zero attached hydrogens (tertiary/aromatic N) is 1. The topological polar surface area (TPSA) is 64.4 Å². The zero-order valence-electron chi connectivity index (χ0n) is 13.2. The Hall–Kier alpha value is -1.62. The quantitative estimate of drug-likeness (QED) is 0.404. The minimum absolute atomic E-state index is 0.0505. The Bertz CT molecular complexity index is 449. The number of hydrogen-bond donors (Lipinski definition) is 1. The predicted molar refractivity (Wildman–Crippen MR) is 84.7 cm³/mol. The van der Waals surface area contributed by atoms with Gasteiger partial charge in [-0.3, -0.25) is 10.1 Å². The summed E-state index contributed by atoms with van der Waals surface area (Å²) >= 11 is 0. The van der Waals surface area contributed by atoms with Gasteiger partial charge < -0.3 is 10.1 Å². The third kappa shape index (κ3) is 6.12. The van der Waals surface area contributed by atoms with Gasteiger partial charge in [-0.15, -0.1) is 0 Å². The second-order valence-corrected chi connectivity index (χ2v) is 5.44. The molecule has 1 aromatic carbocycles. The van der Waals surface area contributed by atoms with Gasteiger partial charge in [-0.1, -0.05) is 33.3 Å². The van der Waals surface area contributed by atoms with Crippen molar-refractivity contribution < 1.29 is 9.66 Å². The molecule has 0 fully saturated rings. The Labute approximate surface area is 126 Å². The maximum atomic E-state index is 11.2. The summed E-state index contributed by atoms with van der Waals surface area (Å²) < 4.78 is 5.63.